The van der Waals surface area contributed by atoms with Gasteiger partial charge in [0.1, 0.15) is 0 Å². The summed E-state index contributed by atoms with van der Waals surface area (Å²) in [5, 5.41) is 4.07. The molecular weight excluding hydrogens is 208 g/mol. The van der Waals surface area contributed by atoms with Crippen LogP contribution in [0.1, 0.15) is 19.4 Å². The highest BCUT2D eigenvalue weighted by molar-refractivity contribution is 7.07. The van der Waals surface area contributed by atoms with Gasteiger partial charge in [0.2, 0.25) is 5.91 Å². The predicted molar refractivity (Wildman–Crippen MR) is 63.6 cm³/mol. The molecule has 0 bridgehead atoms. The number of nitrogens with two attached hydrogens (primary N) is 1. The van der Waals surface area contributed by atoms with Gasteiger partial charge in [-0.25, -0.2) is 0 Å². The highest BCUT2D eigenvalue weighted by Gasteiger charge is 2.20. The molecule has 0 radical (unpaired) electrons. The fourth-order valence-electron chi connectivity index (χ4n) is 1.31. The van der Waals surface area contributed by atoms with Crippen LogP contribution in [0.15, 0.2) is 16.8 Å². The van der Waals surface area contributed by atoms with Crippen molar-refractivity contribution in [2.75, 3.05) is 7.05 Å². The third-order valence-corrected chi connectivity index (χ3v) is 3.29. The van der Waals surface area contributed by atoms with E-state index in [0.29, 0.717) is 6.54 Å². The van der Waals surface area contributed by atoms with E-state index < -0.39 is 0 Å². The Morgan fingerprint density at radius 1 is 1.60 bits per heavy atom. The lowest BCUT2D eigenvalue weighted by molar-refractivity contribution is -0.134. The standard InChI is InChI=1S/C11H18N2OS/c1-8(9(2)12)11(14)13(3)6-10-4-5-15-7-10/h4-5,7-9H,6,12H2,1-3H3. The molecule has 1 amide bonds. The van der Waals surface area contributed by atoms with E-state index in [4.69, 9.17) is 5.73 Å². The average Bonchev–Trinajstić information content (AvgIpc) is 2.67. The first-order chi connectivity index (χ1) is 7.02. The Kier molecular flexibility index (Phi) is 4.29. The summed E-state index contributed by atoms with van der Waals surface area (Å²) in [6.07, 6.45) is 0. The van der Waals surface area contributed by atoms with Crippen LogP contribution in [0.3, 0.4) is 0 Å². The van der Waals surface area contributed by atoms with Gasteiger partial charge in [0, 0.05) is 19.6 Å². The third kappa shape index (κ3) is 3.32. The molecule has 0 fully saturated rings. The predicted octanol–water partition coefficient (Wildman–Crippen LogP) is 1.69. The lowest BCUT2D eigenvalue weighted by Crippen LogP contribution is -2.39. The Hall–Kier alpha value is -0.870. The highest BCUT2D eigenvalue weighted by atomic mass is 32.1. The summed E-state index contributed by atoms with van der Waals surface area (Å²) in [7, 11) is 1.82. The topological polar surface area (TPSA) is 46.3 Å². The average molecular weight is 226 g/mol. The van der Waals surface area contributed by atoms with Crippen molar-refractivity contribution in [3.8, 4) is 0 Å². The van der Waals surface area contributed by atoms with Crippen LogP contribution in [-0.2, 0) is 11.3 Å². The molecule has 15 heavy (non-hydrogen) atoms. The molecule has 84 valence electrons. The van der Waals surface area contributed by atoms with E-state index in [9.17, 15) is 4.79 Å². The fraction of sp³-hybridized carbons (Fsp3) is 0.545. The van der Waals surface area contributed by atoms with Crippen LogP contribution >= 0.6 is 11.3 Å². The van der Waals surface area contributed by atoms with Gasteiger partial charge in [-0.05, 0) is 29.3 Å². The molecule has 0 aliphatic rings. The van der Waals surface area contributed by atoms with E-state index in [1.54, 1.807) is 16.2 Å². The SMILES string of the molecule is CC(N)C(C)C(=O)N(C)Cc1ccsc1. The zero-order chi connectivity index (χ0) is 11.4. The van der Waals surface area contributed by atoms with Crippen molar-refractivity contribution >= 4 is 17.2 Å². The zero-order valence-corrected chi connectivity index (χ0v) is 10.3. The summed E-state index contributed by atoms with van der Waals surface area (Å²) in [4.78, 5) is 13.6. The van der Waals surface area contributed by atoms with Crippen LogP contribution < -0.4 is 5.73 Å². The van der Waals surface area contributed by atoms with E-state index in [1.165, 1.54) is 5.56 Å². The van der Waals surface area contributed by atoms with E-state index in [-0.39, 0.29) is 17.9 Å². The molecule has 2 unspecified atom stereocenters. The van der Waals surface area contributed by atoms with Crippen molar-refractivity contribution in [2.24, 2.45) is 11.7 Å². The van der Waals surface area contributed by atoms with Crippen LogP contribution in [0.5, 0.6) is 0 Å². The molecule has 3 nitrogen and oxygen atoms in total. The van der Waals surface area contributed by atoms with Crippen LogP contribution in [-0.4, -0.2) is 23.9 Å². The van der Waals surface area contributed by atoms with Crippen molar-refractivity contribution < 1.29 is 4.79 Å². The number of thiophene rings is 1. The second kappa shape index (κ2) is 5.28. The van der Waals surface area contributed by atoms with Crippen LogP contribution in [0.2, 0.25) is 0 Å². The van der Waals surface area contributed by atoms with Crippen LogP contribution in [0.4, 0.5) is 0 Å². The van der Waals surface area contributed by atoms with E-state index >= 15 is 0 Å². The fourth-order valence-corrected chi connectivity index (χ4v) is 1.97. The van der Waals surface area contributed by atoms with Crippen LogP contribution in [0.25, 0.3) is 0 Å². The molecule has 1 rings (SSSR count). The highest BCUT2D eigenvalue weighted by Crippen LogP contribution is 2.11. The van der Waals surface area contributed by atoms with Gasteiger partial charge in [-0.1, -0.05) is 6.92 Å². The normalized spacial score (nSPS) is 14.7. The van der Waals surface area contributed by atoms with E-state index in [1.807, 2.05) is 32.3 Å². The summed E-state index contributed by atoms with van der Waals surface area (Å²) in [6.45, 7) is 4.40. The Balaban J connectivity index is 2.54. The summed E-state index contributed by atoms with van der Waals surface area (Å²) >= 11 is 1.65. The Labute approximate surface area is 94.9 Å². The first kappa shape index (κ1) is 12.2. The molecule has 4 heteroatoms. The van der Waals surface area contributed by atoms with E-state index in [0.717, 1.165) is 0 Å². The number of nitrogens with zero attached hydrogens (tertiary/aromatic N) is 1. The molecule has 0 saturated heterocycles. The van der Waals surface area contributed by atoms with E-state index in [2.05, 4.69) is 5.38 Å². The van der Waals surface area contributed by atoms with Gasteiger partial charge in [-0.2, -0.15) is 11.3 Å². The molecule has 2 atom stereocenters. The molecule has 0 aliphatic heterocycles. The maximum atomic E-state index is 11.9. The monoisotopic (exact) mass is 226 g/mol. The number of rotatable bonds is 4. The summed E-state index contributed by atoms with van der Waals surface area (Å²) in [6, 6.07) is 1.94. The number of carbonyl (C=O) groups is 1. The molecule has 1 heterocycles. The van der Waals surface area contributed by atoms with Gasteiger partial charge in [0.15, 0.2) is 0 Å². The Bertz CT molecular complexity index is 308. The van der Waals surface area contributed by atoms with Crippen molar-refractivity contribution in [3.63, 3.8) is 0 Å². The molecule has 0 aromatic carbocycles. The second-order valence-corrected chi connectivity index (χ2v) is 4.75. The number of hydrogen-bond donors (Lipinski definition) is 1. The van der Waals surface area contributed by atoms with Gasteiger partial charge in [0.25, 0.3) is 0 Å². The number of hydrogen-bond acceptors (Lipinski definition) is 3. The van der Waals surface area contributed by atoms with Gasteiger partial charge >= 0.3 is 0 Å². The van der Waals surface area contributed by atoms with Gasteiger partial charge in [-0.3, -0.25) is 4.79 Å². The Morgan fingerprint density at radius 3 is 2.73 bits per heavy atom. The molecular formula is C11H18N2OS. The molecule has 0 spiro atoms. The summed E-state index contributed by atoms with van der Waals surface area (Å²) in [5.41, 5.74) is 6.88. The number of amides is 1. The molecule has 1 aromatic heterocycles. The molecule has 1 aromatic rings. The second-order valence-electron chi connectivity index (χ2n) is 3.97. The summed E-state index contributed by atoms with van der Waals surface area (Å²) in [5.74, 6) is -0.00941. The summed E-state index contributed by atoms with van der Waals surface area (Å²) < 4.78 is 0. The first-order valence-corrected chi connectivity index (χ1v) is 5.98. The smallest absolute Gasteiger partial charge is 0.226 e. The molecule has 0 saturated carbocycles. The van der Waals surface area contributed by atoms with Crippen LogP contribution in [0, 0.1) is 5.92 Å². The Morgan fingerprint density at radius 2 is 2.27 bits per heavy atom. The largest absolute Gasteiger partial charge is 0.341 e. The zero-order valence-electron chi connectivity index (χ0n) is 9.43. The van der Waals surface area contributed by atoms with Gasteiger partial charge in [0.05, 0.1) is 5.92 Å². The van der Waals surface area contributed by atoms with Gasteiger partial charge < -0.3 is 10.6 Å². The molecule has 2 N–H and O–H groups in total. The minimum absolute atomic E-state index is 0.0950. The first-order valence-electron chi connectivity index (χ1n) is 5.04. The number of carbonyl (C=O) groups excluding carboxylic acids is 1. The lowest BCUT2D eigenvalue weighted by atomic mass is 10.0. The van der Waals surface area contributed by atoms with Crippen molar-refractivity contribution in [3.05, 3.63) is 22.4 Å². The minimum Gasteiger partial charge on any atom is -0.341 e. The van der Waals surface area contributed by atoms with Crippen molar-refractivity contribution in [2.45, 2.75) is 26.4 Å². The maximum Gasteiger partial charge on any atom is 0.226 e. The molecule has 0 aliphatic carbocycles. The van der Waals surface area contributed by atoms with Gasteiger partial charge in [-0.15, -0.1) is 0 Å². The minimum atomic E-state index is -0.117. The lowest BCUT2D eigenvalue weighted by Gasteiger charge is -2.23. The van der Waals surface area contributed by atoms with Crippen molar-refractivity contribution in [1.82, 2.24) is 4.90 Å². The quantitative estimate of drug-likeness (QED) is 0.849. The third-order valence-electron chi connectivity index (χ3n) is 2.55. The van der Waals surface area contributed by atoms with Crippen molar-refractivity contribution in [1.29, 1.82) is 0 Å². The maximum absolute atomic E-state index is 11.9.